The third-order valence-electron chi connectivity index (χ3n) is 4.55. The van der Waals surface area contributed by atoms with Crippen molar-refractivity contribution in [2.45, 2.75) is 44.4 Å². The molecular weight excluding hydrogens is 336 g/mol. The fourth-order valence-electron chi connectivity index (χ4n) is 2.89. The molecule has 0 radical (unpaired) electrons. The first-order valence-electron chi connectivity index (χ1n) is 8.89. The maximum absolute atomic E-state index is 12.2. The predicted octanol–water partition coefficient (Wildman–Crippen LogP) is 3.01. The van der Waals surface area contributed by atoms with Gasteiger partial charge in [0, 0.05) is 18.7 Å². The zero-order valence-corrected chi connectivity index (χ0v) is 16.1. The Balaban J connectivity index is 2.04. The third-order valence-corrected chi connectivity index (χ3v) is 5.47. The van der Waals surface area contributed by atoms with Crippen LogP contribution in [-0.2, 0) is 9.59 Å². The van der Waals surface area contributed by atoms with E-state index in [0.717, 1.165) is 37.9 Å². The highest BCUT2D eigenvalue weighted by molar-refractivity contribution is 7.99. The number of likely N-dealkylation sites (tertiary alicyclic amines) is 1. The molecule has 1 aliphatic rings. The Kier molecular flexibility index (Phi) is 7.62. The highest BCUT2D eigenvalue weighted by Crippen LogP contribution is 2.28. The van der Waals surface area contributed by atoms with Crippen molar-refractivity contribution in [1.29, 1.82) is 0 Å². The summed E-state index contributed by atoms with van der Waals surface area (Å²) in [4.78, 5) is 26.3. The number of ether oxygens (including phenoxy) is 1. The van der Waals surface area contributed by atoms with Gasteiger partial charge in [-0.15, -0.1) is 0 Å². The summed E-state index contributed by atoms with van der Waals surface area (Å²) < 4.78 is 5.81. The van der Waals surface area contributed by atoms with Gasteiger partial charge in [-0.05, 0) is 38.5 Å². The number of benzene rings is 1. The van der Waals surface area contributed by atoms with Crippen LogP contribution in [0.4, 0.5) is 0 Å². The van der Waals surface area contributed by atoms with E-state index in [1.165, 1.54) is 11.8 Å². The summed E-state index contributed by atoms with van der Waals surface area (Å²) in [6.45, 7) is 5.61. The number of hydrogen-bond acceptors (Lipinski definition) is 4. The summed E-state index contributed by atoms with van der Waals surface area (Å²) in [5.74, 6) is 0.710. The van der Waals surface area contributed by atoms with Gasteiger partial charge in [0.2, 0.25) is 5.91 Å². The van der Waals surface area contributed by atoms with E-state index in [-0.39, 0.29) is 29.7 Å². The lowest BCUT2D eigenvalue weighted by Gasteiger charge is -2.22. The average molecular weight is 365 g/mol. The molecule has 0 bridgehead atoms. The molecule has 1 aliphatic heterocycles. The number of carbonyl (C=O) groups is 2. The zero-order chi connectivity index (χ0) is 18.2. The molecule has 2 rings (SSSR count). The van der Waals surface area contributed by atoms with Crippen molar-refractivity contribution >= 4 is 23.6 Å². The minimum atomic E-state index is -0.125. The van der Waals surface area contributed by atoms with E-state index in [2.05, 4.69) is 5.32 Å². The van der Waals surface area contributed by atoms with Crippen molar-refractivity contribution in [3.63, 3.8) is 0 Å². The molecule has 1 aromatic rings. The van der Waals surface area contributed by atoms with Crippen molar-refractivity contribution in [2.75, 3.05) is 26.0 Å². The van der Waals surface area contributed by atoms with Crippen molar-refractivity contribution < 1.29 is 14.3 Å². The zero-order valence-electron chi connectivity index (χ0n) is 15.3. The second kappa shape index (κ2) is 9.70. The van der Waals surface area contributed by atoms with Gasteiger partial charge in [0.05, 0.1) is 11.3 Å². The maximum Gasteiger partial charge on any atom is 0.260 e. The molecule has 0 aromatic heterocycles. The third kappa shape index (κ3) is 5.39. The van der Waals surface area contributed by atoms with Crippen LogP contribution in [0.1, 0.15) is 44.7 Å². The van der Waals surface area contributed by atoms with Gasteiger partial charge in [0.25, 0.3) is 5.91 Å². The molecule has 138 valence electrons. The summed E-state index contributed by atoms with van der Waals surface area (Å²) >= 11 is 1.52. The van der Waals surface area contributed by atoms with E-state index in [9.17, 15) is 9.59 Å². The highest BCUT2D eigenvalue weighted by Gasteiger charge is 2.22. The average Bonchev–Trinajstić information content (AvgIpc) is 3.18. The quantitative estimate of drug-likeness (QED) is 0.770. The molecule has 0 aliphatic carbocycles. The minimum absolute atomic E-state index is 0.0160. The van der Waals surface area contributed by atoms with Gasteiger partial charge in [0.1, 0.15) is 5.75 Å². The molecule has 2 amide bonds. The van der Waals surface area contributed by atoms with Crippen molar-refractivity contribution in [1.82, 2.24) is 10.2 Å². The second-order valence-electron chi connectivity index (χ2n) is 6.26. The van der Waals surface area contributed by atoms with Crippen LogP contribution in [0, 0.1) is 0 Å². The van der Waals surface area contributed by atoms with Crippen molar-refractivity contribution in [3.05, 3.63) is 29.8 Å². The molecule has 1 aromatic carbocycles. The van der Waals surface area contributed by atoms with Crippen LogP contribution in [0.25, 0.3) is 0 Å². The van der Waals surface area contributed by atoms with Crippen molar-refractivity contribution in [3.8, 4) is 5.75 Å². The summed E-state index contributed by atoms with van der Waals surface area (Å²) in [7, 11) is 0. The van der Waals surface area contributed by atoms with Crippen LogP contribution in [-0.4, -0.2) is 47.9 Å². The molecular formula is C19H28N2O3S. The minimum Gasteiger partial charge on any atom is -0.483 e. The van der Waals surface area contributed by atoms with Crippen LogP contribution in [0.2, 0.25) is 0 Å². The molecule has 5 nitrogen and oxygen atoms in total. The number of rotatable bonds is 8. The van der Waals surface area contributed by atoms with Crippen LogP contribution in [0.3, 0.4) is 0 Å². The van der Waals surface area contributed by atoms with Crippen LogP contribution in [0.15, 0.2) is 24.3 Å². The number of para-hydroxylation sites is 1. The largest absolute Gasteiger partial charge is 0.483 e. The Labute approximate surface area is 154 Å². The lowest BCUT2D eigenvalue weighted by Crippen LogP contribution is -2.34. The Morgan fingerprint density at radius 3 is 2.60 bits per heavy atom. The van der Waals surface area contributed by atoms with Gasteiger partial charge >= 0.3 is 0 Å². The summed E-state index contributed by atoms with van der Waals surface area (Å²) in [6.07, 6.45) is 4.82. The van der Waals surface area contributed by atoms with Crippen molar-refractivity contribution in [2.24, 2.45) is 0 Å². The first kappa shape index (κ1) is 19.6. The van der Waals surface area contributed by atoms with Gasteiger partial charge in [0.15, 0.2) is 6.61 Å². The topological polar surface area (TPSA) is 58.6 Å². The number of carbonyl (C=O) groups excluding carboxylic acids is 2. The van der Waals surface area contributed by atoms with Gasteiger partial charge < -0.3 is 15.0 Å². The SMILES string of the molecule is CC[C@@H](NC(=O)[C@@H](C)SC)c1ccccc1OCC(=O)N1CCCC1. The van der Waals surface area contributed by atoms with Crippen LogP contribution >= 0.6 is 11.8 Å². The summed E-state index contributed by atoms with van der Waals surface area (Å²) in [5, 5.41) is 2.98. The first-order chi connectivity index (χ1) is 12.1. The van der Waals surface area contributed by atoms with E-state index in [4.69, 9.17) is 4.74 Å². The summed E-state index contributed by atoms with van der Waals surface area (Å²) in [5.41, 5.74) is 0.917. The second-order valence-corrected chi connectivity index (χ2v) is 7.44. The van der Waals surface area contributed by atoms with Crippen LogP contribution < -0.4 is 10.1 Å². The molecule has 1 fully saturated rings. The Morgan fingerprint density at radius 1 is 1.28 bits per heavy atom. The molecule has 2 atom stereocenters. The van der Waals surface area contributed by atoms with E-state index in [0.29, 0.717) is 5.75 Å². The standard InChI is InChI=1S/C19H28N2O3S/c1-4-16(20-19(23)14(2)25-3)15-9-5-6-10-17(15)24-13-18(22)21-11-7-8-12-21/h5-6,9-10,14,16H,4,7-8,11-13H2,1-3H3,(H,20,23)/t14-,16-/m1/s1. The highest BCUT2D eigenvalue weighted by atomic mass is 32.2. The number of nitrogens with one attached hydrogen (secondary N) is 1. The number of hydrogen-bond donors (Lipinski definition) is 1. The lowest BCUT2D eigenvalue weighted by molar-refractivity contribution is -0.132. The van der Waals surface area contributed by atoms with Gasteiger partial charge in [-0.3, -0.25) is 9.59 Å². The first-order valence-corrected chi connectivity index (χ1v) is 10.2. The summed E-state index contributed by atoms with van der Waals surface area (Å²) in [6, 6.07) is 7.50. The van der Waals surface area contributed by atoms with E-state index in [1.807, 2.05) is 49.3 Å². The van der Waals surface area contributed by atoms with E-state index >= 15 is 0 Å². The Hall–Kier alpha value is -1.69. The molecule has 0 unspecified atom stereocenters. The number of nitrogens with zero attached hydrogens (tertiary/aromatic N) is 1. The number of amides is 2. The Morgan fingerprint density at radius 2 is 1.96 bits per heavy atom. The Bertz CT molecular complexity index is 588. The maximum atomic E-state index is 12.2. The smallest absolute Gasteiger partial charge is 0.260 e. The van der Waals surface area contributed by atoms with Gasteiger partial charge in [-0.25, -0.2) is 0 Å². The van der Waals surface area contributed by atoms with Gasteiger partial charge in [-0.2, -0.15) is 11.8 Å². The molecule has 6 heteroatoms. The van der Waals surface area contributed by atoms with Gasteiger partial charge in [-0.1, -0.05) is 25.1 Å². The fraction of sp³-hybridized carbons (Fsp3) is 0.579. The molecule has 1 saturated heterocycles. The normalized spacial score (nSPS) is 16.4. The molecule has 1 N–H and O–H groups in total. The molecule has 0 spiro atoms. The van der Waals surface area contributed by atoms with Crippen LogP contribution in [0.5, 0.6) is 5.75 Å². The molecule has 25 heavy (non-hydrogen) atoms. The van der Waals surface area contributed by atoms with E-state index in [1.54, 1.807) is 0 Å². The lowest BCUT2D eigenvalue weighted by atomic mass is 10.0. The predicted molar refractivity (Wildman–Crippen MR) is 102 cm³/mol. The van der Waals surface area contributed by atoms with E-state index < -0.39 is 0 Å². The fourth-order valence-corrected chi connectivity index (χ4v) is 3.18. The molecule has 0 saturated carbocycles. The molecule has 1 heterocycles. The monoisotopic (exact) mass is 364 g/mol. The number of thioether (sulfide) groups is 1.